The van der Waals surface area contributed by atoms with Crippen LogP contribution in [-0.4, -0.2) is 22.8 Å². The highest BCUT2D eigenvalue weighted by atomic mass is 19.1. The van der Waals surface area contributed by atoms with Gasteiger partial charge < -0.3 is 9.47 Å². The van der Waals surface area contributed by atoms with Gasteiger partial charge in [-0.15, -0.1) is 0 Å². The molecule has 1 aliphatic heterocycles. The number of carbonyl (C=O) groups excluding carboxylic acids is 2. The summed E-state index contributed by atoms with van der Waals surface area (Å²) in [4.78, 5) is 25.7. The van der Waals surface area contributed by atoms with Crippen molar-refractivity contribution in [3.8, 4) is 0 Å². The Morgan fingerprint density at radius 1 is 1.29 bits per heavy atom. The Hall–Kier alpha value is -2.43. The molecular weight excluding hydrogens is 271 g/mol. The quantitative estimate of drug-likeness (QED) is 0.813. The van der Waals surface area contributed by atoms with E-state index >= 15 is 0 Å². The average molecular weight is 286 g/mol. The van der Waals surface area contributed by atoms with Gasteiger partial charge in [0.1, 0.15) is 5.82 Å². The number of amides is 1. The van der Waals surface area contributed by atoms with Gasteiger partial charge in [0.25, 0.3) is 0 Å². The van der Waals surface area contributed by atoms with Crippen LogP contribution in [0.1, 0.15) is 22.3 Å². The molecular formula is C16H15FN2O2. The summed E-state index contributed by atoms with van der Waals surface area (Å²) in [5, 5.41) is 0. The monoisotopic (exact) mass is 286 g/mol. The fraction of sp³-hybridized carbons (Fsp3) is 0.250. The predicted molar refractivity (Wildman–Crippen MR) is 76.8 cm³/mol. The Bertz CT molecular complexity index is 721. The molecule has 0 radical (unpaired) electrons. The number of aryl methyl sites for hydroxylation is 2. The molecule has 3 rings (SSSR count). The number of aromatic nitrogens is 1. The fourth-order valence-corrected chi connectivity index (χ4v) is 2.59. The van der Waals surface area contributed by atoms with Gasteiger partial charge in [0.15, 0.2) is 5.78 Å². The molecule has 0 bridgehead atoms. The lowest BCUT2D eigenvalue weighted by atomic mass is 10.0. The molecule has 2 heterocycles. The lowest BCUT2D eigenvalue weighted by Gasteiger charge is -2.28. The van der Waals surface area contributed by atoms with E-state index in [0.717, 1.165) is 5.56 Å². The fourth-order valence-electron chi connectivity index (χ4n) is 2.59. The van der Waals surface area contributed by atoms with Crippen molar-refractivity contribution < 1.29 is 14.0 Å². The van der Waals surface area contributed by atoms with Crippen molar-refractivity contribution >= 4 is 17.4 Å². The zero-order valence-electron chi connectivity index (χ0n) is 11.7. The first-order chi connectivity index (χ1) is 10.0. The van der Waals surface area contributed by atoms with Crippen molar-refractivity contribution in [1.82, 2.24) is 4.57 Å². The molecule has 0 atom stereocenters. The van der Waals surface area contributed by atoms with Crippen LogP contribution in [0, 0.1) is 5.82 Å². The first-order valence-corrected chi connectivity index (χ1v) is 6.78. The number of hydrogen-bond acceptors (Lipinski definition) is 2. The van der Waals surface area contributed by atoms with Crippen molar-refractivity contribution in [3.05, 3.63) is 53.6 Å². The van der Waals surface area contributed by atoms with Gasteiger partial charge in [-0.05, 0) is 30.2 Å². The number of halogens is 1. The largest absolute Gasteiger partial charge is 0.357 e. The number of rotatable bonds is 3. The van der Waals surface area contributed by atoms with Crippen molar-refractivity contribution in [3.63, 3.8) is 0 Å². The van der Waals surface area contributed by atoms with E-state index in [1.807, 2.05) is 7.05 Å². The molecule has 108 valence electrons. The third kappa shape index (κ3) is 2.59. The van der Waals surface area contributed by atoms with Crippen LogP contribution < -0.4 is 4.90 Å². The van der Waals surface area contributed by atoms with E-state index in [2.05, 4.69) is 0 Å². The summed E-state index contributed by atoms with van der Waals surface area (Å²) in [6, 6.07) is 6.09. The Labute approximate surface area is 121 Å². The number of Topliss-reactive ketones (excluding diaryl/α,β-unsaturated/α-hetero) is 1. The summed E-state index contributed by atoms with van der Waals surface area (Å²) in [6.07, 6.45) is 4.42. The zero-order chi connectivity index (χ0) is 15.0. The number of anilines is 1. The molecule has 5 heteroatoms. The molecule has 1 amide bonds. The van der Waals surface area contributed by atoms with Crippen LogP contribution in [0.4, 0.5) is 10.1 Å². The Balaban J connectivity index is 1.90. The number of ketones is 1. The molecule has 2 aromatic rings. The Morgan fingerprint density at radius 2 is 2.10 bits per heavy atom. The minimum absolute atomic E-state index is 0.0563. The number of hydrogen-bond donors (Lipinski definition) is 0. The number of nitrogens with zero attached hydrogens (tertiary/aromatic N) is 2. The topological polar surface area (TPSA) is 42.3 Å². The highest BCUT2D eigenvalue weighted by Gasteiger charge is 2.26. The van der Waals surface area contributed by atoms with Crippen LogP contribution >= 0.6 is 0 Å². The maximum Gasteiger partial charge on any atom is 0.227 e. The predicted octanol–water partition coefficient (Wildman–Crippen LogP) is 2.33. The van der Waals surface area contributed by atoms with E-state index in [-0.39, 0.29) is 18.2 Å². The summed E-state index contributed by atoms with van der Waals surface area (Å²) in [7, 11) is 1.83. The third-order valence-electron chi connectivity index (χ3n) is 3.70. The summed E-state index contributed by atoms with van der Waals surface area (Å²) < 4.78 is 15.2. The van der Waals surface area contributed by atoms with Crippen molar-refractivity contribution in [1.29, 1.82) is 0 Å². The molecule has 0 aliphatic carbocycles. The average Bonchev–Trinajstić information content (AvgIpc) is 2.89. The molecule has 0 fully saturated rings. The second-order valence-electron chi connectivity index (χ2n) is 5.24. The molecule has 0 spiro atoms. The number of benzene rings is 1. The molecule has 0 saturated carbocycles. The van der Waals surface area contributed by atoms with Crippen LogP contribution in [0.5, 0.6) is 0 Å². The molecule has 1 aromatic heterocycles. The van der Waals surface area contributed by atoms with E-state index in [9.17, 15) is 14.0 Å². The minimum atomic E-state index is -0.402. The van der Waals surface area contributed by atoms with Crippen LogP contribution in [-0.2, 0) is 18.3 Å². The van der Waals surface area contributed by atoms with E-state index in [1.165, 1.54) is 17.0 Å². The summed E-state index contributed by atoms with van der Waals surface area (Å²) in [5.74, 6) is -0.695. The van der Waals surface area contributed by atoms with Crippen molar-refractivity contribution in [2.24, 2.45) is 7.05 Å². The first kappa shape index (κ1) is 13.5. The van der Waals surface area contributed by atoms with Gasteiger partial charge in [0.05, 0.1) is 12.2 Å². The summed E-state index contributed by atoms with van der Waals surface area (Å²) in [6.45, 7) is -0.0563. The van der Waals surface area contributed by atoms with Crippen LogP contribution in [0.15, 0.2) is 36.7 Å². The second kappa shape index (κ2) is 5.16. The second-order valence-corrected chi connectivity index (χ2v) is 5.24. The van der Waals surface area contributed by atoms with Gasteiger partial charge in [-0.25, -0.2) is 4.39 Å². The normalized spacial score (nSPS) is 14.2. The maximum absolute atomic E-state index is 13.4. The molecule has 4 nitrogen and oxygen atoms in total. The van der Waals surface area contributed by atoms with Crippen molar-refractivity contribution in [2.75, 3.05) is 11.4 Å². The lowest BCUT2D eigenvalue weighted by Crippen LogP contribution is -2.39. The molecule has 1 aliphatic rings. The van der Waals surface area contributed by atoms with E-state index < -0.39 is 5.82 Å². The van der Waals surface area contributed by atoms with Crippen LogP contribution in [0.25, 0.3) is 0 Å². The molecule has 0 unspecified atom stereocenters. The van der Waals surface area contributed by atoms with E-state index in [1.54, 1.807) is 29.1 Å². The highest BCUT2D eigenvalue weighted by Crippen LogP contribution is 2.28. The zero-order valence-corrected chi connectivity index (χ0v) is 11.7. The number of fused-ring (bicyclic) bond motifs is 1. The molecule has 0 saturated heterocycles. The first-order valence-electron chi connectivity index (χ1n) is 6.78. The van der Waals surface area contributed by atoms with Crippen LogP contribution in [0.3, 0.4) is 0 Å². The van der Waals surface area contributed by atoms with Crippen molar-refractivity contribution in [2.45, 2.75) is 12.8 Å². The molecule has 1 aromatic carbocycles. The summed E-state index contributed by atoms with van der Waals surface area (Å²) >= 11 is 0. The van der Waals surface area contributed by atoms with Crippen LogP contribution in [0.2, 0.25) is 0 Å². The van der Waals surface area contributed by atoms with E-state index in [4.69, 9.17) is 0 Å². The van der Waals surface area contributed by atoms with Gasteiger partial charge in [-0.1, -0.05) is 6.07 Å². The van der Waals surface area contributed by atoms with Gasteiger partial charge in [0.2, 0.25) is 5.91 Å². The standard InChI is InChI=1S/C16H15FN2O2/c1-18-7-6-12(9-18)15(20)10-19-14-8-13(17)4-2-11(14)3-5-16(19)21/h2,4,6-9H,3,5,10H2,1H3. The number of carbonyl (C=O) groups is 2. The lowest BCUT2D eigenvalue weighted by molar-refractivity contribution is -0.118. The third-order valence-corrected chi connectivity index (χ3v) is 3.70. The maximum atomic E-state index is 13.4. The summed E-state index contributed by atoms with van der Waals surface area (Å²) in [5.41, 5.74) is 1.96. The van der Waals surface area contributed by atoms with Gasteiger partial charge in [-0.3, -0.25) is 9.59 Å². The minimum Gasteiger partial charge on any atom is -0.357 e. The van der Waals surface area contributed by atoms with E-state index in [0.29, 0.717) is 24.1 Å². The molecule has 21 heavy (non-hydrogen) atoms. The molecule has 0 N–H and O–H groups in total. The van der Waals surface area contributed by atoms with Gasteiger partial charge >= 0.3 is 0 Å². The Morgan fingerprint density at radius 3 is 2.81 bits per heavy atom. The smallest absolute Gasteiger partial charge is 0.227 e. The highest BCUT2D eigenvalue weighted by molar-refractivity contribution is 6.06. The van der Waals surface area contributed by atoms with Gasteiger partial charge in [-0.2, -0.15) is 0 Å². The Kier molecular flexibility index (Phi) is 3.33. The van der Waals surface area contributed by atoms with Gasteiger partial charge in [0, 0.05) is 31.4 Å². The SMILES string of the molecule is Cn1ccc(C(=O)CN2C(=O)CCc3ccc(F)cc32)c1.